The summed E-state index contributed by atoms with van der Waals surface area (Å²) in [5.74, 6) is 0.736. The highest BCUT2D eigenvalue weighted by molar-refractivity contribution is 7.90. The van der Waals surface area contributed by atoms with E-state index in [0.717, 1.165) is 24.8 Å². The van der Waals surface area contributed by atoms with Crippen LogP contribution in [-0.4, -0.2) is 69.8 Å². The molecule has 134 valence electrons. The second-order valence-electron chi connectivity index (χ2n) is 6.93. The summed E-state index contributed by atoms with van der Waals surface area (Å²) in [6.45, 7) is 6.67. The highest BCUT2D eigenvalue weighted by Gasteiger charge is 2.28. The van der Waals surface area contributed by atoms with Gasteiger partial charge in [0.2, 0.25) is 0 Å². The Labute approximate surface area is 145 Å². The predicted octanol–water partition coefficient (Wildman–Crippen LogP) is 2.03. The molecule has 2 aliphatic rings. The average Bonchev–Trinajstić information content (AvgIpc) is 2.89. The third kappa shape index (κ3) is 4.71. The molecule has 5 nitrogen and oxygen atoms in total. The summed E-state index contributed by atoms with van der Waals surface area (Å²) >= 11 is 0. The maximum absolute atomic E-state index is 11.4. The molecule has 1 unspecified atom stereocenters. The van der Waals surface area contributed by atoms with Gasteiger partial charge in [0.05, 0.1) is 11.5 Å². The second-order valence-corrected chi connectivity index (χ2v) is 8.95. The van der Waals surface area contributed by atoms with Gasteiger partial charge in [-0.15, -0.1) is 0 Å². The molecule has 1 aromatic rings. The van der Waals surface area contributed by atoms with Crippen LogP contribution in [0.3, 0.4) is 0 Å². The maximum Gasteiger partial charge on any atom is 0.175 e. The van der Waals surface area contributed by atoms with Gasteiger partial charge in [0.15, 0.2) is 9.84 Å². The van der Waals surface area contributed by atoms with E-state index >= 15 is 0 Å². The molecule has 0 spiro atoms. The highest BCUT2D eigenvalue weighted by Crippen LogP contribution is 2.21. The van der Waals surface area contributed by atoms with Crippen molar-refractivity contribution < 1.29 is 13.2 Å². The lowest BCUT2D eigenvalue weighted by Crippen LogP contribution is -2.37. The van der Waals surface area contributed by atoms with Gasteiger partial charge in [0.1, 0.15) is 5.75 Å². The van der Waals surface area contributed by atoms with Gasteiger partial charge in [-0.05, 0) is 69.6 Å². The number of benzene rings is 1. The van der Waals surface area contributed by atoms with Crippen LogP contribution in [0.5, 0.6) is 5.75 Å². The van der Waals surface area contributed by atoms with Gasteiger partial charge in [0, 0.05) is 25.4 Å². The minimum Gasteiger partial charge on any atom is -0.494 e. The first-order chi connectivity index (χ1) is 11.5. The summed E-state index contributed by atoms with van der Waals surface area (Å²) in [5, 5.41) is 0. The van der Waals surface area contributed by atoms with E-state index < -0.39 is 9.84 Å². The van der Waals surface area contributed by atoms with Gasteiger partial charge in [0.25, 0.3) is 0 Å². The van der Waals surface area contributed by atoms with Crippen molar-refractivity contribution in [3.8, 4) is 5.75 Å². The van der Waals surface area contributed by atoms with Crippen LogP contribution >= 0.6 is 0 Å². The van der Waals surface area contributed by atoms with Crippen molar-refractivity contribution in [1.29, 1.82) is 0 Å². The number of hydrogen-bond acceptors (Lipinski definition) is 5. The Morgan fingerprint density at radius 3 is 2.62 bits per heavy atom. The zero-order chi connectivity index (χ0) is 17.0. The topological polar surface area (TPSA) is 49.9 Å². The van der Waals surface area contributed by atoms with Crippen molar-refractivity contribution in [1.82, 2.24) is 9.80 Å². The highest BCUT2D eigenvalue weighted by atomic mass is 32.2. The molecule has 2 heterocycles. The molecular weight excluding hydrogens is 324 g/mol. The van der Waals surface area contributed by atoms with Crippen LogP contribution in [0.15, 0.2) is 29.2 Å². The monoisotopic (exact) mass is 352 g/mol. The van der Waals surface area contributed by atoms with E-state index in [-0.39, 0.29) is 0 Å². The molecule has 1 aromatic carbocycles. The van der Waals surface area contributed by atoms with Crippen LogP contribution in [0.2, 0.25) is 0 Å². The third-order valence-corrected chi connectivity index (χ3v) is 6.16. The fourth-order valence-corrected chi connectivity index (χ4v) is 4.38. The van der Waals surface area contributed by atoms with Crippen LogP contribution in [0.4, 0.5) is 0 Å². The first-order valence-electron chi connectivity index (χ1n) is 8.92. The number of sulfone groups is 1. The molecule has 0 amide bonds. The van der Waals surface area contributed by atoms with Crippen LogP contribution in [-0.2, 0) is 9.84 Å². The Bertz CT molecular complexity index is 630. The zero-order valence-corrected chi connectivity index (χ0v) is 15.3. The van der Waals surface area contributed by atoms with Gasteiger partial charge in [-0.1, -0.05) is 0 Å². The molecule has 6 heteroatoms. The van der Waals surface area contributed by atoms with E-state index in [1.54, 1.807) is 24.3 Å². The fraction of sp³-hybridized carbons (Fsp3) is 0.667. The molecule has 0 saturated carbocycles. The molecule has 3 rings (SSSR count). The molecule has 2 saturated heterocycles. The molecule has 2 fully saturated rings. The molecule has 0 radical (unpaired) electrons. The van der Waals surface area contributed by atoms with Gasteiger partial charge in [-0.25, -0.2) is 8.42 Å². The van der Waals surface area contributed by atoms with E-state index in [0.29, 0.717) is 11.5 Å². The van der Waals surface area contributed by atoms with Crippen molar-refractivity contribution in [2.45, 2.75) is 36.6 Å². The van der Waals surface area contributed by atoms with Gasteiger partial charge >= 0.3 is 0 Å². The van der Waals surface area contributed by atoms with Crippen LogP contribution < -0.4 is 4.74 Å². The van der Waals surface area contributed by atoms with Crippen LogP contribution in [0.25, 0.3) is 0 Å². The molecule has 0 aromatic heterocycles. The first-order valence-corrected chi connectivity index (χ1v) is 10.8. The van der Waals surface area contributed by atoms with E-state index in [4.69, 9.17) is 4.74 Å². The smallest absolute Gasteiger partial charge is 0.175 e. The Hall–Kier alpha value is -1.11. The SMILES string of the molecule is CS(=O)(=O)c1ccc(OCCCN2CCCN3CCCC3C2)cc1. The number of fused-ring (bicyclic) bond motifs is 1. The average molecular weight is 353 g/mol. The second kappa shape index (κ2) is 7.85. The third-order valence-electron chi connectivity index (χ3n) is 5.03. The Balaban J connectivity index is 1.40. The molecule has 0 bridgehead atoms. The minimum absolute atomic E-state index is 0.334. The van der Waals surface area contributed by atoms with Crippen molar-refractivity contribution in [3.63, 3.8) is 0 Å². The lowest BCUT2D eigenvalue weighted by molar-refractivity contribution is 0.205. The largest absolute Gasteiger partial charge is 0.494 e. The molecule has 2 aliphatic heterocycles. The van der Waals surface area contributed by atoms with Gasteiger partial charge in [-0.3, -0.25) is 4.90 Å². The zero-order valence-electron chi connectivity index (χ0n) is 14.5. The lowest BCUT2D eigenvalue weighted by atomic mass is 10.2. The molecule has 0 aliphatic carbocycles. The molecule has 1 atom stereocenters. The van der Waals surface area contributed by atoms with Crippen molar-refractivity contribution in [2.24, 2.45) is 0 Å². The molecule has 24 heavy (non-hydrogen) atoms. The molecular formula is C18H28N2O3S. The summed E-state index contributed by atoms with van der Waals surface area (Å²) in [5.41, 5.74) is 0. The van der Waals surface area contributed by atoms with Gasteiger partial charge in [-0.2, -0.15) is 0 Å². The summed E-state index contributed by atoms with van der Waals surface area (Å²) in [6, 6.07) is 7.44. The van der Waals surface area contributed by atoms with Gasteiger partial charge < -0.3 is 9.64 Å². The van der Waals surface area contributed by atoms with Crippen LogP contribution in [0, 0.1) is 0 Å². The quantitative estimate of drug-likeness (QED) is 0.733. The minimum atomic E-state index is -3.14. The van der Waals surface area contributed by atoms with Crippen molar-refractivity contribution in [2.75, 3.05) is 45.6 Å². The van der Waals surface area contributed by atoms with E-state index in [9.17, 15) is 8.42 Å². The number of hydrogen-bond donors (Lipinski definition) is 0. The van der Waals surface area contributed by atoms with Crippen molar-refractivity contribution >= 4 is 9.84 Å². The standard InChI is InChI=1S/C18H28N2O3S/c1-24(21,22)18-8-6-17(7-9-18)23-14-4-11-19-10-3-13-20-12-2-5-16(20)15-19/h6-9,16H,2-5,10-15H2,1H3. The predicted molar refractivity (Wildman–Crippen MR) is 95.3 cm³/mol. The number of rotatable bonds is 6. The Morgan fingerprint density at radius 2 is 1.88 bits per heavy atom. The number of nitrogens with zero attached hydrogens (tertiary/aromatic N) is 2. The number of ether oxygens (including phenoxy) is 1. The van der Waals surface area contributed by atoms with E-state index in [1.165, 1.54) is 51.7 Å². The lowest BCUT2D eigenvalue weighted by Gasteiger charge is -2.25. The van der Waals surface area contributed by atoms with E-state index in [1.807, 2.05) is 0 Å². The van der Waals surface area contributed by atoms with Crippen molar-refractivity contribution in [3.05, 3.63) is 24.3 Å². The van der Waals surface area contributed by atoms with E-state index in [2.05, 4.69) is 9.80 Å². The Kier molecular flexibility index (Phi) is 5.79. The molecule has 0 N–H and O–H groups in total. The summed E-state index contributed by atoms with van der Waals surface area (Å²) < 4.78 is 28.6. The normalized spacial score (nSPS) is 23.0. The summed E-state index contributed by atoms with van der Waals surface area (Å²) in [6.07, 6.45) is 6.19. The maximum atomic E-state index is 11.4. The van der Waals surface area contributed by atoms with Crippen LogP contribution in [0.1, 0.15) is 25.7 Å². The Morgan fingerprint density at radius 1 is 1.12 bits per heavy atom. The summed E-state index contributed by atoms with van der Waals surface area (Å²) in [7, 11) is -3.14. The summed E-state index contributed by atoms with van der Waals surface area (Å²) in [4.78, 5) is 5.56. The fourth-order valence-electron chi connectivity index (χ4n) is 3.75. The first kappa shape index (κ1) is 17.7.